The molecule has 0 saturated heterocycles. The fourth-order valence-electron chi connectivity index (χ4n) is 3.39. The van der Waals surface area contributed by atoms with Gasteiger partial charge in [-0.3, -0.25) is 9.36 Å². The van der Waals surface area contributed by atoms with Crippen molar-refractivity contribution in [3.63, 3.8) is 0 Å². The molecule has 1 aliphatic rings. The molecule has 0 spiro atoms. The maximum absolute atomic E-state index is 12.8. The summed E-state index contributed by atoms with van der Waals surface area (Å²) < 4.78 is 1.81. The van der Waals surface area contributed by atoms with Gasteiger partial charge < -0.3 is 4.90 Å². The summed E-state index contributed by atoms with van der Waals surface area (Å²) in [5.41, 5.74) is 4.25. The van der Waals surface area contributed by atoms with E-state index >= 15 is 0 Å². The van der Waals surface area contributed by atoms with Gasteiger partial charge in [0.05, 0.1) is 6.04 Å². The van der Waals surface area contributed by atoms with Crippen LogP contribution in [0.5, 0.6) is 0 Å². The van der Waals surface area contributed by atoms with Crippen LogP contribution in [-0.4, -0.2) is 32.6 Å². The van der Waals surface area contributed by atoms with Gasteiger partial charge in [-0.25, -0.2) is 0 Å². The highest BCUT2D eigenvalue weighted by atomic mass is 16.2. The van der Waals surface area contributed by atoms with Crippen molar-refractivity contribution in [1.82, 2.24) is 19.7 Å². The van der Waals surface area contributed by atoms with Crippen LogP contribution in [-0.2, 0) is 6.42 Å². The van der Waals surface area contributed by atoms with Gasteiger partial charge in [-0.15, -0.1) is 10.2 Å². The Morgan fingerprint density at radius 1 is 1.08 bits per heavy atom. The Morgan fingerprint density at radius 2 is 1.79 bits per heavy atom. The lowest BCUT2D eigenvalue weighted by molar-refractivity contribution is 0.0730. The second-order valence-corrected chi connectivity index (χ2v) is 6.09. The Labute approximate surface area is 140 Å². The Hall–Kier alpha value is -2.95. The number of benzene rings is 2. The smallest absolute Gasteiger partial charge is 0.254 e. The quantitative estimate of drug-likeness (QED) is 0.746. The first-order valence-electron chi connectivity index (χ1n) is 8.04. The Bertz CT molecular complexity index is 855. The second-order valence-electron chi connectivity index (χ2n) is 6.09. The summed E-state index contributed by atoms with van der Waals surface area (Å²) in [7, 11) is 1.89. The van der Waals surface area contributed by atoms with E-state index in [0.717, 1.165) is 18.5 Å². The molecule has 1 atom stereocenters. The van der Waals surface area contributed by atoms with Crippen molar-refractivity contribution in [1.29, 1.82) is 0 Å². The molecule has 120 valence electrons. The van der Waals surface area contributed by atoms with Gasteiger partial charge in [0.25, 0.3) is 5.91 Å². The molecule has 3 aromatic rings. The lowest BCUT2D eigenvalue weighted by Crippen LogP contribution is -2.30. The van der Waals surface area contributed by atoms with E-state index in [1.165, 1.54) is 11.1 Å². The lowest BCUT2D eigenvalue weighted by Gasteiger charge is -2.25. The third-order valence-corrected chi connectivity index (χ3v) is 4.72. The van der Waals surface area contributed by atoms with Crippen LogP contribution in [0, 0.1) is 0 Å². The SMILES string of the molecule is CN(C(=O)c1ccc(-n2cnnc2)cc1)[C@H]1CCc2ccccc21. The Kier molecular flexibility index (Phi) is 3.61. The third-order valence-electron chi connectivity index (χ3n) is 4.72. The van der Waals surface area contributed by atoms with Gasteiger partial charge in [-0.1, -0.05) is 24.3 Å². The van der Waals surface area contributed by atoms with Crippen molar-refractivity contribution >= 4 is 5.91 Å². The van der Waals surface area contributed by atoms with Crippen LogP contribution < -0.4 is 0 Å². The van der Waals surface area contributed by atoms with E-state index in [4.69, 9.17) is 0 Å². The van der Waals surface area contributed by atoms with Crippen LogP contribution in [0.15, 0.2) is 61.2 Å². The summed E-state index contributed by atoms with van der Waals surface area (Å²) in [6.45, 7) is 0. The molecule has 0 N–H and O–H groups in total. The highest BCUT2D eigenvalue weighted by molar-refractivity contribution is 5.94. The number of aryl methyl sites for hydroxylation is 1. The number of aromatic nitrogens is 3. The van der Waals surface area contributed by atoms with Crippen LogP contribution in [0.3, 0.4) is 0 Å². The fourth-order valence-corrected chi connectivity index (χ4v) is 3.39. The molecule has 5 nitrogen and oxygen atoms in total. The van der Waals surface area contributed by atoms with Crippen LogP contribution >= 0.6 is 0 Å². The molecule has 0 unspecified atom stereocenters. The van der Waals surface area contributed by atoms with Crippen molar-refractivity contribution in [2.24, 2.45) is 0 Å². The third kappa shape index (κ3) is 2.48. The van der Waals surface area contributed by atoms with Crippen molar-refractivity contribution in [2.75, 3.05) is 7.05 Å². The topological polar surface area (TPSA) is 51.0 Å². The van der Waals surface area contributed by atoms with Crippen LogP contribution in [0.2, 0.25) is 0 Å². The first-order valence-corrected chi connectivity index (χ1v) is 8.04. The number of hydrogen-bond donors (Lipinski definition) is 0. The minimum Gasteiger partial charge on any atom is -0.335 e. The monoisotopic (exact) mass is 318 g/mol. The van der Waals surface area contributed by atoms with Crippen LogP contribution in [0.4, 0.5) is 0 Å². The van der Waals surface area contributed by atoms with E-state index in [2.05, 4.69) is 28.4 Å². The van der Waals surface area contributed by atoms with E-state index in [9.17, 15) is 4.79 Å². The molecule has 0 radical (unpaired) electrons. The molecule has 0 bridgehead atoms. The molecule has 2 aromatic carbocycles. The Balaban J connectivity index is 1.55. The molecule has 1 aromatic heterocycles. The zero-order valence-electron chi connectivity index (χ0n) is 13.5. The van der Waals surface area contributed by atoms with Gasteiger partial charge in [-0.05, 0) is 48.2 Å². The van der Waals surface area contributed by atoms with E-state index in [1.807, 2.05) is 46.8 Å². The van der Waals surface area contributed by atoms with Gasteiger partial charge >= 0.3 is 0 Å². The first-order chi connectivity index (χ1) is 11.7. The fraction of sp³-hybridized carbons (Fsp3) is 0.211. The molecule has 4 rings (SSSR count). The van der Waals surface area contributed by atoms with Crippen molar-refractivity contribution in [3.05, 3.63) is 77.9 Å². The summed E-state index contributed by atoms with van der Waals surface area (Å²) in [4.78, 5) is 14.7. The van der Waals surface area contributed by atoms with Gasteiger partial charge in [0.1, 0.15) is 12.7 Å². The summed E-state index contributed by atoms with van der Waals surface area (Å²) in [6.07, 6.45) is 5.29. The first kappa shape index (κ1) is 14.6. The molecule has 24 heavy (non-hydrogen) atoms. The molecule has 0 aliphatic heterocycles. The minimum absolute atomic E-state index is 0.0482. The summed E-state index contributed by atoms with van der Waals surface area (Å²) >= 11 is 0. The minimum atomic E-state index is 0.0482. The van der Waals surface area contributed by atoms with Gasteiger partial charge in [0.15, 0.2) is 0 Å². The zero-order chi connectivity index (χ0) is 16.5. The predicted molar refractivity (Wildman–Crippen MR) is 91.0 cm³/mol. The van der Waals surface area contributed by atoms with Crippen LogP contribution in [0.25, 0.3) is 5.69 Å². The molecule has 0 saturated carbocycles. The molecular weight excluding hydrogens is 300 g/mol. The van der Waals surface area contributed by atoms with E-state index in [-0.39, 0.29) is 11.9 Å². The molecule has 1 aliphatic carbocycles. The average molecular weight is 318 g/mol. The molecule has 5 heteroatoms. The highest BCUT2D eigenvalue weighted by Gasteiger charge is 2.28. The van der Waals surface area contributed by atoms with Gasteiger partial charge in [-0.2, -0.15) is 0 Å². The van der Waals surface area contributed by atoms with E-state index in [1.54, 1.807) is 12.7 Å². The molecule has 0 fully saturated rings. The van der Waals surface area contributed by atoms with Gasteiger partial charge in [0, 0.05) is 18.3 Å². The highest BCUT2D eigenvalue weighted by Crippen LogP contribution is 2.35. The second kappa shape index (κ2) is 5.92. The number of nitrogens with zero attached hydrogens (tertiary/aromatic N) is 4. The Morgan fingerprint density at radius 3 is 2.54 bits per heavy atom. The number of amides is 1. The maximum atomic E-state index is 12.8. The zero-order valence-corrected chi connectivity index (χ0v) is 13.5. The average Bonchev–Trinajstić information content (AvgIpc) is 3.30. The van der Waals surface area contributed by atoms with Crippen molar-refractivity contribution in [2.45, 2.75) is 18.9 Å². The standard InChI is InChI=1S/C19H18N4O/c1-22(18-11-8-14-4-2-3-5-17(14)18)19(24)15-6-9-16(10-7-15)23-12-20-21-13-23/h2-7,9-10,12-13,18H,8,11H2,1H3/t18-/m0/s1. The molecular formula is C19H18N4O. The summed E-state index contributed by atoms with van der Waals surface area (Å²) in [6, 6.07) is 16.1. The van der Waals surface area contributed by atoms with Crippen molar-refractivity contribution < 1.29 is 4.79 Å². The normalized spacial score (nSPS) is 16.0. The van der Waals surface area contributed by atoms with Gasteiger partial charge in [0.2, 0.25) is 0 Å². The summed E-state index contributed by atoms with van der Waals surface area (Å²) in [5, 5.41) is 7.59. The number of carbonyl (C=O) groups excluding carboxylic acids is 1. The summed E-state index contributed by atoms with van der Waals surface area (Å²) in [5.74, 6) is 0.0482. The lowest BCUT2D eigenvalue weighted by atomic mass is 10.1. The van der Waals surface area contributed by atoms with E-state index in [0.29, 0.717) is 5.56 Å². The van der Waals surface area contributed by atoms with Crippen molar-refractivity contribution in [3.8, 4) is 5.69 Å². The maximum Gasteiger partial charge on any atom is 0.254 e. The number of carbonyl (C=O) groups is 1. The van der Waals surface area contributed by atoms with Crippen LogP contribution in [0.1, 0.15) is 33.9 Å². The largest absolute Gasteiger partial charge is 0.335 e. The number of fused-ring (bicyclic) bond motifs is 1. The number of rotatable bonds is 3. The van der Waals surface area contributed by atoms with E-state index < -0.39 is 0 Å². The molecule has 1 heterocycles. The molecule has 1 amide bonds. The predicted octanol–water partition coefficient (Wildman–Crippen LogP) is 3.03. The number of hydrogen-bond acceptors (Lipinski definition) is 3.